The molecule has 1 aliphatic rings. The Kier molecular flexibility index (Phi) is 5.87. The van der Waals surface area contributed by atoms with Crippen molar-refractivity contribution in [2.45, 2.75) is 57.6 Å². The second-order valence-corrected chi connectivity index (χ2v) is 5.82. The number of aliphatic hydroxyl groups is 1. The van der Waals surface area contributed by atoms with Gasteiger partial charge in [0.05, 0.1) is 6.10 Å². The molecule has 1 fully saturated rings. The molecule has 0 aliphatic heterocycles. The second kappa shape index (κ2) is 7.66. The number of hydrogen-bond acceptors (Lipinski definition) is 2. The van der Waals surface area contributed by atoms with E-state index in [2.05, 4.69) is 42.6 Å². The third kappa shape index (κ3) is 4.63. The molecule has 0 spiro atoms. The van der Waals surface area contributed by atoms with E-state index in [-0.39, 0.29) is 6.10 Å². The van der Waals surface area contributed by atoms with Gasteiger partial charge < -0.3 is 10.4 Å². The predicted molar refractivity (Wildman–Crippen MR) is 80.2 cm³/mol. The number of benzene rings is 1. The topological polar surface area (TPSA) is 32.3 Å². The number of rotatable bonds is 6. The van der Waals surface area contributed by atoms with Crippen LogP contribution in [0.5, 0.6) is 0 Å². The maximum Gasteiger partial charge on any atom is 0.0580 e. The molecule has 1 saturated carbocycles. The fourth-order valence-corrected chi connectivity index (χ4v) is 3.00. The molecule has 1 aliphatic carbocycles. The molecular formula is C17H27NO. The van der Waals surface area contributed by atoms with Crippen molar-refractivity contribution >= 4 is 0 Å². The van der Waals surface area contributed by atoms with Crippen LogP contribution in [0.4, 0.5) is 0 Å². The minimum absolute atomic E-state index is 0.0875. The van der Waals surface area contributed by atoms with E-state index in [1.165, 1.54) is 24.8 Å². The molecule has 1 aromatic carbocycles. The van der Waals surface area contributed by atoms with E-state index in [1.807, 2.05) is 0 Å². The molecule has 0 radical (unpaired) electrons. The lowest BCUT2D eigenvalue weighted by atomic mass is 9.86. The lowest BCUT2D eigenvalue weighted by Crippen LogP contribution is -2.39. The van der Waals surface area contributed by atoms with Crippen molar-refractivity contribution in [3.63, 3.8) is 0 Å². The maximum atomic E-state index is 10.0. The van der Waals surface area contributed by atoms with Crippen molar-refractivity contribution in [1.82, 2.24) is 5.32 Å². The van der Waals surface area contributed by atoms with Gasteiger partial charge in [-0.1, -0.05) is 50.1 Å². The number of aliphatic hydroxyl groups excluding tert-OH is 1. The van der Waals surface area contributed by atoms with Crippen LogP contribution in [-0.4, -0.2) is 23.8 Å². The largest absolute Gasteiger partial charge is 0.393 e. The lowest BCUT2D eigenvalue weighted by Gasteiger charge is -2.29. The minimum atomic E-state index is -0.0875. The Balaban J connectivity index is 1.79. The molecule has 0 bridgehead atoms. The molecule has 1 aromatic rings. The Hall–Kier alpha value is -0.860. The van der Waals surface area contributed by atoms with Crippen molar-refractivity contribution < 1.29 is 5.11 Å². The highest BCUT2D eigenvalue weighted by Crippen LogP contribution is 2.23. The maximum absolute atomic E-state index is 10.0. The van der Waals surface area contributed by atoms with E-state index >= 15 is 0 Å². The van der Waals surface area contributed by atoms with Gasteiger partial charge in [0.1, 0.15) is 0 Å². The van der Waals surface area contributed by atoms with Gasteiger partial charge in [-0.3, -0.25) is 0 Å². The fraction of sp³-hybridized carbons (Fsp3) is 0.647. The van der Waals surface area contributed by atoms with Gasteiger partial charge in [0.25, 0.3) is 0 Å². The predicted octanol–water partition coefficient (Wildman–Crippen LogP) is 3.15. The first-order valence-corrected chi connectivity index (χ1v) is 7.75. The highest BCUT2D eigenvalue weighted by atomic mass is 16.3. The number of nitrogens with one attached hydrogen (secondary N) is 1. The van der Waals surface area contributed by atoms with Gasteiger partial charge in [-0.15, -0.1) is 0 Å². The van der Waals surface area contributed by atoms with E-state index in [0.29, 0.717) is 12.0 Å². The average molecular weight is 261 g/mol. The summed E-state index contributed by atoms with van der Waals surface area (Å²) in [4.78, 5) is 0. The first-order chi connectivity index (χ1) is 9.29. The van der Waals surface area contributed by atoms with Gasteiger partial charge in [-0.2, -0.15) is 0 Å². The summed E-state index contributed by atoms with van der Waals surface area (Å²) in [7, 11) is 0. The summed E-state index contributed by atoms with van der Waals surface area (Å²) in [6.07, 6.45) is 6.77. The summed E-state index contributed by atoms with van der Waals surface area (Å²) >= 11 is 0. The summed E-state index contributed by atoms with van der Waals surface area (Å²) in [5.41, 5.74) is 1.39. The van der Waals surface area contributed by atoms with Crippen molar-refractivity contribution in [2.75, 3.05) is 6.54 Å². The fourth-order valence-electron chi connectivity index (χ4n) is 3.00. The zero-order valence-electron chi connectivity index (χ0n) is 12.0. The average Bonchev–Trinajstić information content (AvgIpc) is 2.46. The Morgan fingerprint density at radius 1 is 1.21 bits per heavy atom. The molecule has 0 amide bonds. The minimum Gasteiger partial charge on any atom is -0.393 e. The summed E-state index contributed by atoms with van der Waals surface area (Å²) in [5, 5.41) is 13.7. The summed E-state index contributed by atoms with van der Waals surface area (Å²) < 4.78 is 0. The molecule has 106 valence electrons. The van der Waals surface area contributed by atoms with Gasteiger partial charge >= 0.3 is 0 Å². The molecule has 2 heteroatoms. The zero-order valence-corrected chi connectivity index (χ0v) is 12.0. The van der Waals surface area contributed by atoms with Crippen LogP contribution in [0.2, 0.25) is 0 Å². The molecule has 0 aromatic heterocycles. The smallest absolute Gasteiger partial charge is 0.0580 e. The van der Waals surface area contributed by atoms with Crippen molar-refractivity contribution in [3.05, 3.63) is 35.9 Å². The molecule has 2 nitrogen and oxygen atoms in total. The van der Waals surface area contributed by atoms with Crippen LogP contribution in [-0.2, 0) is 6.42 Å². The summed E-state index contributed by atoms with van der Waals surface area (Å²) in [5.74, 6) is 0.457. The van der Waals surface area contributed by atoms with Crippen LogP contribution in [0, 0.1) is 5.92 Å². The zero-order chi connectivity index (χ0) is 13.5. The quantitative estimate of drug-likeness (QED) is 0.824. The van der Waals surface area contributed by atoms with Crippen LogP contribution in [0.3, 0.4) is 0 Å². The van der Waals surface area contributed by atoms with E-state index in [1.54, 1.807) is 0 Å². The van der Waals surface area contributed by atoms with Crippen LogP contribution in [0.1, 0.15) is 44.6 Å². The molecule has 0 saturated heterocycles. The first kappa shape index (κ1) is 14.5. The standard InChI is InChI=1S/C17H27NO/c1-2-16(12-14-8-4-3-5-9-14)18-13-15-10-6-7-11-17(15)19/h3-5,8-9,15-19H,2,6-7,10-13H2,1H3. The third-order valence-corrected chi connectivity index (χ3v) is 4.36. The van der Waals surface area contributed by atoms with Crippen LogP contribution >= 0.6 is 0 Å². The molecule has 0 heterocycles. The van der Waals surface area contributed by atoms with E-state index in [9.17, 15) is 5.11 Å². The second-order valence-electron chi connectivity index (χ2n) is 5.82. The summed E-state index contributed by atoms with van der Waals surface area (Å²) in [6, 6.07) is 11.2. The highest BCUT2D eigenvalue weighted by molar-refractivity contribution is 5.15. The SMILES string of the molecule is CCC(Cc1ccccc1)NCC1CCCCC1O. The Bertz CT molecular complexity index is 352. The normalized spacial score (nSPS) is 25.2. The Morgan fingerprint density at radius 2 is 1.95 bits per heavy atom. The molecule has 19 heavy (non-hydrogen) atoms. The van der Waals surface area contributed by atoms with Crippen LogP contribution < -0.4 is 5.32 Å². The van der Waals surface area contributed by atoms with Gasteiger partial charge in [0.2, 0.25) is 0 Å². The van der Waals surface area contributed by atoms with Crippen molar-refractivity contribution in [1.29, 1.82) is 0 Å². The van der Waals surface area contributed by atoms with E-state index in [0.717, 1.165) is 25.8 Å². The highest BCUT2D eigenvalue weighted by Gasteiger charge is 2.23. The van der Waals surface area contributed by atoms with Gasteiger partial charge in [0.15, 0.2) is 0 Å². The monoisotopic (exact) mass is 261 g/mol. The number of hydrogen-bond donors (Lipinski definition) is 2. The first-order valence-electron chi connectivity index (χ1n) is 7.75. The van der Waals surface area contributed by atoms with E-state index < -0.39 is 0 Å². The summed E-state index contributed by atoms with van der Waals surface area (Å²) in [6.45, 7) is 3.20. The Morgan fingerprint density at radius 3 is 2.63 bits per heavy atom. The van der Waals surface area contributed by atoms with E-state index in [4.69, 9.17) is 0 Å². The van der Waals surface area contributed by atoms with Gasteiger partial charge in [0, 0.05) is 12.6 Å². The molecule has 2 N–H and O–H groups in total. The molecular weight excluding hydrogens is 234 g/mol. The molecule has 3 unspecified atom stereocenters. The van der Waals surface area contributed by atoms with Crippen molar-refractivity contribution in [2.24, 2.45) is 5.92 Å². The van der Waals surface area contributed by atoms with Crippen LogP contribution in [0.25, 0.3) is 0 Å². The molecule has 3 atom stereocenters. The molecule has 2 rings (SSSR count). The lowest BCUT2D eigenvalue weighted by molar-refractivity contribution is 0.0680. The van der Waals surface area contributed by atoms with Gasteiger partial charge in [-0.25, -0.2) is 0 Å². The van der Waals surface area contributed by atoms with Crippen molar-refractivity contribution in [3.8, 4) is 0 Å². The van der Waals surface area contributed by atoms with Gasteiger partial charge in [-0.05, 0) is 37.2 Å². The van der Waals surface area contributed by atoms with Crippen LogP contribution in [0.15, 0.2) is 30.3 Å². The Labute approximate surface area is 117 Å². The third-order valence-electron chi connectivity index (χ3n) is 4.36.